The van der Waals surface area contributed by atoms with E-state index in [0.29, 0.717) is 23.7 Å². The van der Waals surface area contributed by atoms with Crippen molar-refractivity contribution in [3.05, 3.63) is 126 Å². The van der Waals surface area contributed by atoms with Crippen LogP contribution in [0.2, 0.25) is 0 Å². The minimum Gasteiger partial charge on any atom is -0.493 e. The van der Waals surface area contributed by atoms with E-state index in [0.717, 1.165) is 34.7 Å². The molecular formula is C33H33NO5S. The van der Waals surface area contributed by atoms with E-state index in [-0.39, 0.29) is 10.6 Å². The van der Waals surface area contributed by atoms with Gasteiger partial charge >= 0.3 is 0 Å². The van der Waals surface area contributed by atoms with E-state index in [1.807, 2.05) is 42.5 Å². The Bertz CT molecular complexity index is 1530. The van der Waals surface area contributed by atoms with Gasteiger partial charge in [-0.2, -0.15) is 4.31 Å². The zero-order valence-corrected chi connectivity index (χ0v) is 23.5. The van der Waals surface area contributed by atoms with Gasteiger partial charge in [-0.1, -0.05) is 80.1 Å². The van der Waals surface area contributed by atoms with Crippen molar-refractivity contribution in [2.75, 3.05) is 11.4 Å². The molecule has 0 aliphatic rings. The van der Waals surface area contributed by atoms with Gasteiger partial charge in [-0.25, -0.2) is 8.42 Å². The molecule has 0 saturated heterocycles. The normalized spacial score (nSPS) is 11.3. The van der Waals surface area contributed by atoms with Gasteiger partial charge in [0.1, 0.15) is 6.61 Å². The maximum atomic E-state index is 13.6. The number of rotatable bonds is 12. The summed E-state index contributed by atoms with van der Waals surface area (Å²) >= 11 is 0. The van der Waals surface area contributed by atoms with Gasteiger partial charge in [0.05, 0.1) is 17.7 Å². The first-order valence-corrected chi connectivity index (χ1v) is 14.6. The average molecular weight is 556 g/mol. The largest absolute Gasteiger partial charge is 0.493 e. The molecule has 0 aliphatic heterocycles. The highest BCUT2D eigenvalue weighted by atomic mass is 32.2. The maximum Gasteiger partial charge on any atom is 0.271 e. The quantitative estimate of drug-likeness (QED) is 0.175. The third kappa shape index (κ3) is 7.18. The molecule has 0 N–H and O–H groups in total. The van der Waals surface area contributed by atoms with Crippen LogP contribution in [-0.4, -0.2) is 21.4 Å². The Labute approximate surface area is 236 Å². The van der Waals surface area contributed by atoms with Gasteiger partial charge in [-0.05, 0) is 72.0 Å². The molecule has 7 heteroatoms. The molecular weight excluding hydrogens is 522 g/mol. The zero-order valence-electron chi connectivity index (χ0n) is 22.7. The molecule has 0 unspecified atom stereocenters. The highest BCUT2D eigenvalue weighted by Gasteiger charge is 2.29. The number of hydrogen-bond acceptors (Lipinski definition) is 5. The molecule has 0 spiro atoms. The summed E-state index contributed by atoms with van der Waals surface area (Å²) in [4.78, 5) is 13.5. The molecule has 0 fully saturated rings. The fourth-order valence-electron chi connectivity index (χ4n) is 4.14. The lowest BCUT2D eigenvalue weighted by Crippen LogP contribution is -2.35. The van der Waals surface area contributed by atoms with Gasteiger partial charge in [0.15, 0.2) is 11.5 Å². The van der Waals surface area contributed by atoms with Gasteiger partial charge < -0.3 is 9.47 Å². The molecule has 4 aromatic carbocycles. The van der Waals surface area contributed by atoms with E-state index in [1.165, 1.54) is 18.2 Å². The van der Waals surface area contributed by atoms with Gasteiger partial charge in [0.25, 0.3) is 15.9 Å². The lowest BCUT2D eigenvalue weighted by Gasteiger charge is -2.21. The Balaban J connectivity index is 1.59. The van der Waals surface area contributed by atoms with Gasteiger partial charge in [0.2, 0.25) is 0 Å². The average Bonchev–Trinajstić information content (AvgIpc) is 2.99. The molecule has 0 bridgehead atoms. The lowest BCUT2D eigenvalue weighted by molar-refractivity contribution is -0.113. The monoisotopic (exact) mass is 555 g/mol. The third-order valence-electron chi connectivity index (χ3n) is 6.31. The number of aryl methyl sites for hydroxylation is 1. The summed E-state index contributed by atoms with van der Waals surface area (Å²) in [5.41, 5.74) is 3.05. The summed E-state index contributed by atoms with van der Waals surface area (Å²) in [6.45, 7) is 2.50. The fraction of sp³-hybridized carbons (Fsp3) is 0.182. The van der Waals surface area contributed by atoms with E-state index in [2.05, 4.69) is 6.92 Å². The van der Waals surface area contributed by atoms with Gasteiger partial charge in [-0.15, -0.1) is 0 Å². The van der Waals surface area contributed by atoms with E-state index in [1.54, 1.807) is 61.7 Å². The number of ether oxygens (including phenoxy) is 2. The number of nitrogens with zero attached hydrogens (tertiary/aromatic N) is 1. The summed E-state index contributed by atoms with van der Waals surface area (Å²) in [7, 11) is -2.61. The molecule has 0 heterocycles. The van der Waals surface area contributed by atoms with E-state index in [4.69, 9.17) is 9.47 Å². The van der Waals surface area contributed by atoms with Crippen LogP contribution in [0.1, 0.15) is 36.5 Å². The number of benzene rings is 4. The van der Waals surface area contributed by atoms with Crippen LogP contribution in [0.25, 0.3) is 6.08 Å². The fourth-order valence-corrected chi connectivity index (χ4v) is 5.55. The number of amides is 1. The molecule has 4 rings (SSSR count). The van der Waals surface area contributed by atoms with Crippen LogP contribution in [-0.2, 0) is 27.8 Å². The number of carbonyl (C=O) groups excluding carboxylic acids is 1. The highest BCUT2D eigenvalue weighted by Crippen LogP contribution is 2.30. The second-order valence-corrected chi connectivity index (χ2v) is 11.0. The van der Waals surface area contributed by atoms with Crippen LogP contribution in [0.4, 0.5) is 5.69 Å². The summed E-state index contributed by atoms with van der Waals surface area (Å²) in [6, 6.07) is 30.1. The number of unbranched alkanes of at least 4 members (excludes halogenated alkanes) is 1. The Kier molecular flexibility index (Phi) is 9.76. The van der Waals surface area contributed by atoms with Crippen molar-refractivity contribution in [3.8, 4) is 11.5 Å². The molecule has 0 radical (unpaired) electrons. The van der Waals surface area contributed by atoms with Crippen molar-refractivity contribution in [3.63, 3.8) is 0 Å². The standard InChI is InChI=1S/C33H33NO5S/c1-3-4-11-26-16-20-29(21-17-26)34(40(36,37)30-14-9-6-10-15-30)33(35)23-19-27-18-22-31(32(24-27)38-2)39-25-28-12-7-5-8-13-28/h5-10,12-24H,3-4,11,25H2,1-2H3/b23-19+. The Morgan fingerprint density at radius 3 is 2.15 bits per heavy atom. The van der Waals surface area contributed by atoms with E-state index < -0.39 is 15.9 Å². The first-order chi connectivity index (χ1) is 19.4. The number of methoxy groups -OCH3 is 1. The van der Waals surface area contributed by atoms with Crippen LogP contribution < -0.4 is 13.8 Å². The SMILES string of the molecule is CCCCc1ccc(N(C(=O)/C=C/c2ccc(OCc3ccccc3)c(OC)c2)S(=O)(=O)c2ccccc2)cc1. The number of carbonyl (C=O) groups is 1. The Morgan fingerprint density at radius 1 is 0.825 bits per heavy atom. The predicted octanol–water partition coefficient (Wildman–Crippen LogP) is 7.05. The predicted molar refractivity (Wildman–Crippen MR) is 159 cm³/mol. The Morgan fingerprint density at radius 2 is 1.50 bits per heavy atom. The van der Waals surface area contributed by atoms with Gasteiger partial charge in [-0.3, -0.25) is 4.79 Å². The van der Waals surface area contributed by atoms with Crippen LogP contribution in [0.15, 0.2) is 114 Å². The minimum absolute atomic E-state index is 0.0356. The first kappa shape index (κ1) is 28.6. The summed E-state index contributed by atoms with van der Waals surface area (Å²) in [5.74, 6) is 0.377. The third-order valence-corrected chi connectivity index (χ3v) is 8.05. The summed E-state index contributed by atoms with van der Waals surface area (Å²) in [5, 5.41) is 0. The lowest BCUT2D eigenvalue weighted by atomic mass is 10.1. The summed E-state index contributed by atoms with van der Waals surface area (Å²) in [6.07, 6.45) is 5.81. The van der Waals surface area contributed by atoms with Crippen LogP contribution >= 0.6 is 0 Å². The molecule has 6 nitrogen and oxygen atoms in total. The second-order valence-electron chi connectivity index (χ2n) is 9.21. The van der Waals surface area contributed by atoms with Crippen molar-refractivity contribution in [1.29, 1.82) is 0 Å². The van der Waals surface area contributed by atoms with E-state index in [9.17, 15) is 13.2 Å². The molecule has 0 saturated carbocycles. The van der Waals surface area contributed by atoms with Crippen LogP contribution in [0.5, 0.6) is 11.5 Å². The van der Waals surface area contributed by atoms with Crippen molar-refractivity contribution < 1.29 is 22.7 Å². The van der Waals surface area contributed by atoms with Crippen molar-refractivity contribution in [2.24, 2.45) is 0 Å². The van der Waals surface area contributed by atoms with Crippen molar-refractivity contribution in [1.82, 2.24) is 0 Å². The first-order valence-electron chi connectivity index (χ1n) is 13.2. The minimum atomic E-state index is -4.15. The van der Waals surface area contributed by atoms with Crippen molar-refractivity contribution >= 4 is 27.7 Å². The molecule has 40 heavy (non-hydrogen) atoms. The van der Waals surface area contributed by atoms with Crippen LogP contribution in [0, 0.1) is 0 Å². The number of anilines is 1. The molecule has 0 aliphatic carbocycles. The molecule has 0 atom stereocenters. The Hall–Kier alpha value is -4.36. The van der Waals surface area contributed by atoms with Crippen molar-refractivity contribution in [2.45, 2.75) is 37.7 Å². The topological polar surface area (TPSA) is 72.9 Å². The second kappa shape index (κ2) is 13.6. The smallest absolute Gasteiger partial charge is 0.271 e. The molecule has 4 aromatic rings. The molecule has 206 valence electrons. The van der Waals surface area contributed by atoms with Crippen LogP contribution in [0.3, 0.4) is 0 Å². The summed E-state index contributed by atoms with van der Waals surface area (Å²) < 4.78 is 39.5. The number of sulfonamides is 1. The number of hydrogen-bond donors (Lipinski definition) is 0. The maximum absolute atomic E-state index is 13.6. The zero-order chi connectivity index (χ0) is 28.4. The molecule has 1 amide bonds. The highest BCUT2D eigenvalue weighted by molar-refractivity contribution is 7.93. The van der Waals surface area contributed by atoms with E-state index >= 15 is 0 Å². The molecule has 0 aromatic heterocycles. The van der Waals surface area contributed by atoms with Gasteiger partial charge in [0, 0.05) is 6.08 Å².